The van der Waals surface area contributed by atoms with E-state index in [2.05, 4.69) is 47.1 Å². The van der Waals surface area contributed by atoms with Crippen LogP contribution in [0.2, 0.25) is 0 Å². The Labute approximate surface area is 143 Å². The van der Waals surface area contributed by atoms with Gasteiger partial charge in [-0.2, -0.15) is 0 Å². The third kappa shape index (κ3) is 5.54. The summed E-state index contributed by atoms with van der Waals surface area (Å²) in [5, 5.41) is 3.64. The second-order valence-electron chi connectivity index (χ2n) is 5.32. The number of methoxy groups -OCH3 is 1. The summed E-state index contributed by atoms with van der Waals surface area (Å²) in [6.07, 6.45) is 6.61. The molecule has 1 heterocycles. The molecule has 5 heteroatoms. The van der Waals surface area contributed by atoms with Crippen molar-refractivity contribution in [2.24, 2.45) is 0 Å². The molecule has 1 fully saturated rings. The van der Waals surface area contributed by atoms with Gasteiger partial charge >= 0.3 is 0 Å². The minimum atomic E-state index is 0.498. The van der Waals surface area contributed by atoms with Gasteiger partial charge in [0.1, 0.15) is 5.75 Å². The molecule has 0 amide bonds. The number of hydrogen-bond acceptors (Lipinski definition) is 5. The van der Waals surface area contributed by atoms with E-state index in [1.165, 1.54) is 9.80 Å². The van der Waals surface area contributed by atoms with Crippen molar-refractivity contribution in [1.82, 2.24) is 9.62 Å². The van der Waals surface area contributed by atoms with Gasteiger partial charge in [0.05, 0.1) is 11.3 Å². The Morgan fingerprint density at radius 2 is 2.36 bits per heavy atom. The lowest BCUT2D eigenvalue weighted by Crippen LogP contribution is -2.49. The zero-order chi connectivity index (χ0) is 15.8. The summed E-state index contributed by atoms with van der Waals surface area (Å²) in [6.45, 7) is 5.42. The summed E-state index contributed by atoms with van der Waals surface area (Å²) < 4.78 is 9.21. The quantitative estimate of drug-likeness (QED) is 0.763. The number of ether oxygens (including phenoxy) is 1. The van der Waals surface area contributed by atoms with E-state index < -0.39 is 0 Å². The largest absolute Gasteiger partial charge is 0.497 e. The normalized spacial score (nSPS) is 20.1. The van der Waals surface area contributed by atoms with Crippen LogP contribution in [-0.2, 0) is 6.42 Å². The van der Waals surface area contributed by atoms with Crippen LogP contribution in [0.3, 0.4) is 0 Å². The Morgan fingerprint density at radius 3 is 3.09 bits per heavy atom. The summed E-state index contributed by atoms with van der Waals surface area (Å²) >= 11 is 3.75. The standard InChI is InChI=1S/C17H26N2OS2/c1-4-6-17(21-3)22-19-10-9-18-15(13-19)11-14-7-5-8-16(12-14)20-2/h5-8,12,15,18H,4,9-11,13H2,1-3H3/b17-6+. The van der Waals surface area contributed by atoms with Crippen molar-refractivity contribution in [3.05, 3.63) is 40.1 Å². The van der Waals surface area contributed by atoms with Crippen molar-refractivity contribution < 1.29 is 4.74 Å². The topological polar surface area (TPSA) is 24.5 Å². The van der Waals surface area contributed by atoms with E-state index in [0.717, 1.165) is 38.2 Å². The van der Waals surface area contributed by atoms with E-state index in [-0.39, 0.29) is 0 Å². The first-order chi connectivity index (χ1) is 10.7. The predicted octanol–water partition coefficient (Wildman–Crippen LogP) is 3.77. The zero-order valence-corrected chi connectivity index (χ0v) is 15.3. The molecule has 0 bridgehead atoms. The number of thioether (sulfide) groups is 1. The molecule has 1 unspecified atom stereocenters. The smallest absolute Gasteiger partial charge is 0.119 e. The van der Waals surface area contributed by atoms with Crippen LogP contribution in [0.5, 0.6) is 5.75 Å². The second-order valence-corrected chi connectivity index (χ2v) is 7.57. The van der Waals surface area contributed by atoms with Crippen molar-refractivity contribution in [2.45, 2.75) is 25.8 Å². The minimum absolute atomic E-state index is 0.498. The van der Waals surface area contributed by atoms with Crippen molar-refractivity contribution >= 4 is 23.7 Å². The van der Waals surface area contributed by atoms with Crippen LogP contribution in [0, 0.1) is 0 Å². The monoisotopic (exact) mass is 338 g/mol. The minimum Gasteiger partial charge on any atom is -0.497 e. The molecule has 0 aliphatic carbocycles. The number of rotatable bonds is 7. The molecule has 1 aromatic rings. The molecule has 1 aliphatic heterocycles. The Kier molecular flexibility index (Phi) is 7.66. The molecule has 0 aromatic heterocycles. The summed E-state index contributed by atoms with van der Waals surface area (Å²) in [7, 11) is 1.72. The average molecular weight is 339 g/mol. The first-order valence-electron chi connectivity index (χ1n) is 7.78. The molecule has 0 saturated carbocycles. The first-order valence-corrected chi connectivity index (χ1v) is 9.78. The molecular formula is C17H26N2OS2. The highest BCUT2D eigenvalue weighted by atomic mass is 32.2. The van der Waals surface area contributed by atoms with Crippen LogP contribution in [0.4, 0.5) is 0 Å². The molecule has 1 aliphatic rings. The van der Waals surface area contributed by atoms with Crippen LogP contribution < -0.4 is 10.1 Å². The average Bonchev–Trinajstić information content (AvgIpc) is 2.55. The number of allylic oxidation sites excluding steroid dienone is 1. The molecular weight excluding hydrogens is 312 g/mol. The van der Waals surface area contributed by atoms with E-state index >= 15 is 0 Å². The van der Waals surface area contributed by atoms with Crippen LogP contribution in [0.15, 0.2) is 34.6 Å². The van der Waals surface area contributed by atoms with Gasteiger partial charge in [-0.1, -0.05) is 25.1 Å². The fourth-order valence-corrected chi connectivity index (χ4v) is 4.43. The molecule has 2 rings (SSSR count). The number of nitrogens with one attached hydrogen (secondary N) is 1. The van der Waals surface area contributed by atoms with E-state index in [0.29, 0.717) is 6.04 Å². The number of benzene rings is 1. The van der Waals surface area contributed by atoms with Crippen molar-refractivity contribution in [1.29, 1.82) is 0 Å². The summed E-state index contributed by atoms with van der Waals surface area (Å²) in [5.74, 6) is 0.940. The van der Waals surface area contributed by atoms with Gasteiger partial charge < -0.3 is 10.1 Å². The van der Waals surface area contributed by atoms with Crippen LogP contribution in [0.1, 0.15) is 18.9 Å². The molecule has 1 saturated heterocycles. The summed E-state index contributed by atoms with van der Waals surface area (Å²) in [6, 6.07) is 8.89. The van der Waals surface area contributed by atoms with E-state index in [1.54, 1.807) is 7.11 Å². The number of piperazine rings is 1. The number of nitrogens with zero attached hydrogens (tertiary/aromatic N) is 1. The molecule has 1 aromatic carbocycles. The van der Waals surface area contributed by atoms with Gasteiger partial charge in [0, 0.05) is 25.7 Å². The number of hydrogen-bond donors (Lipinski definition) is 1. The van der Waals surface area contributed by atoms with Crippen molar-refractivity contribution in [3.63, 3.8) is 0 Å². The summed E-state index contributed by atoms with van der Waals surface area (Å²) in [5.41, 5.74) is 1.33. The lowest BCUT2D eigenvalue weighted by Gasteiger charge is -2.33. The maximum absolute atomic E-state index is 5.31. The maximum atomic E-state index is 5.31. The van der Waals surface area contributed by atoms with Gasteiger partial charge in [0.15, 0.2) is 0 Å². The molecule has 3 nitrogen and oxygen atoms in total. The molecule has 1 N–H and O–H groups in total. The Balaban J connectivity index is 1.91. The molecule has 0 spiro atoms. The highest BCUT2D eigenvalue weighted by Crippen LogP contribution is 2.30. The molecule has 22 heavy (non-hydrogen) atoms. The van der Waals surface area contributed by atoms with Crippen LogP contribution in [0.25, 0.3) is 0 Å². The Morgan fingerprint density at radius 1 is 1.50 bits per heavy atom. The van der Waals surface area contributed by atoms with Gasteiger partial charge in [-0.3, -0.25) is 0 Å². The highest BCUT2D eigenvalue weighted by Gasteiger charge is 2.21. The molecule has 0 radical (unpaired) electrons. The van der Waals surface area contributed by atoms with Crippen molar-refractivity contribution in [2.75, 3.05) is 33.0 Å². The lowest BCUT2D eigenvalue weighted by molar-refractivity contribution is 0.319. The van der Waals surface area contributed by atoms with E-state index in [9.17, 15) is 0 Å². The van der Waals surface area contributed by atoms with Gasteiger partial charge in [-0.25, -0.2) is 4.31 Å². The van der Waals surface area contributed by atoms with Gasteiger partial charge in [-0.05, 0) is 48.7 Å². The Bertz CT molecular complexity index is 493. The predicted molar refractivity (Wildman–Crippen MR) is 99.5 cm³/mol. The third-order valence-corrected chi connectivity index (χ3v) is 5.85. The summed E-state index contributed by atoms with van der Waals surface area (Å²) in [4.78, 5) is 0. The SMILES string of the molecule is CC/C=C(\SC)SN1CCNC(Cc2cccc(OC)c2)C1. The zero-order valence-electron chi connectivity index (χ0n) is 13.7. The Hall–Kier alpha value is -0.620. The third-order valence-electron chi connectivity index (χ3n) is 3.63. The lowest BCUT2D eigenvalue weighted by atomic mass is 10.0. The fourth-order valence-electron chi connectivity index (χ4n) is 2.55. The maximum Gasteiger partial charge on any atom is 0.119 e. The molecule has 122 valence electrons. The van der Waals surface area contributed by atoms with Gasteiger partial charge in [0.25, 0.3) is 0 Å². The van der Waals surface area contributed by atoms with Gasteiger partial charge in [0.2, 0.25) is 0 Å². The van der Waals surface area contributed by atoms with Crippen molar-refractivity contribution in [3.8, 4) is 5.75 Å². The van der Waals surface area contributed by atoms with Gasteiger partial charge in [-0.15, -0.1) is 11.8 Å². The van der Waals surface area contributed by atoms with Crippen LogP contribution >= 0.6 is 23.7 Å². The van der Waals surface area contributed by atoms with Crippen LogP contribution in [-0.4, -0.2) is 43.3 Å². The first kappa shape index (κ1) is 17.7. The molecule has 1 atom stereocenters. The van der Waals surface area contributed by atoms with E-state index in [4.69, 9.17) is 4.74 Å². The highest BCUT2D eigenvalue weighted by molar-refractivity contribution is 8.20. The second kappa shape index (κ2) is 9.50. The van der Waals surface area contributed by atoms with E-state index in [1.807, 2.05) is 29.8 Å². The fraction of sp³-hybridized carbons (Fsp3) is 0.529.